The third-order valence-corrected chi connectivity index (χ3v) is 3.09. The van der Waals surface area contributed by atoms with Gasteiger partial charge in [-0.05, 0) is 42.8 Å². The average Bonchev–Trinajstić information content (AvgIpc) is 2.84. The average molecular weight is 271 g/mol. The normalized spacial score (nSPS) is 10.9. The number of hydrogen-bond acceptors (Lipinski definition) is 3. The number of carbonyl (C=O) groups is 1. The Hall–Kier alpha value is -2.76. The molecule has 1 N–H and O–H groups in total. The van der Waals surface area contributed by atoms with Gasteiger partial charge in [0.1, 0.15) is 11.3 Å². The molecule has 1 aromatic heterocycles. The maximum atomic E-state index is 13.4. The number of aromatic carboxylic acids is 1. The topological polar surface area (TPSA) is 68.0 Å². The second-order valence-electron chi connectivity index (χ2n) is 4.44. The molecule has 1 heterocycles. The van der Waals surface area contributed by atoms with Crippen LogP contribution in [0.5, 0.6) is 0 Å². The van der Waals surface area contributed by atoms with E-state index in [1.807, 2.05) is 6.92 Å². The molecule has 3 rings (SSSR count). The molecule has 0 radical (unpaired) electrons. The zero-order chi connectivity index (χ0) is 14.3. The summed E-state index contributed by atoms with van der Waals surface area (Å²) in [6.45, 7) is 1.82. The fourth-order valence-electron chi connectivity index (χ4n) is 2.04. The molecular formula is C14H10FN3O2. The van der Waals surface area contributed by atoms with E-state index in [4.69, 9.17) is 5.11 Å². The second-order valence-corrected chi connectivity index (χ2v) is 4.44. The molecule has 5 nitrogen and oxygen atoms in total. The second kappa shape index (κ2) is 4.41. The SMILES string of the molecule is Cc1ccc(F)cc1-n1nnc2ccc(C(=O)O)cc21. The van der Waals surface area contributed by atoms with Crippen molar-refractivity contribution in [2.75, 3.05) is 0 Å². The van der Waals surface area contributed by atoms with Gasteiger partial charge >= 0.3 is 5.97 Å². The summed E-state index contributed by atoms with van der Waals surface area (Å²) in [5, 5.41) is 17.0. The largest absolute Gasteiger partial charge is 0.478 e. The summed E-state index contributed by atoms with van der Waals surface area (Å²) in [7, 11) is 0. The van der Waals surface area contributed by atoms with Gasteiger partial charge in [-0.3, -0.25) is 0 Å². The first-order valence-electron chi connectivity index (χ1n) is 5.91. The standard InChI is InChI=1S/C14H10FN3O2/c1-8-2-4-10(15)7-12(8)18-13-6-9(14(19)20)3-5-11(13)16-17-18/h2-7H,1H3,(H,19,20). The van der Waals surface area contributed by atoms with E-state index in [1.165, 1.54) is 28.9 Å². The van der Waals surface area contributed by atoms with Gasteiger partial charge in [-0.25, -0.2) is 13.9 Å². The molecule has 0 spiro atoms. The zero-order valence-electron chi connectivity index (χ0n) is 10.5. The zero-order valence-corrected chi connectivity index (χ0v) is 10.5. The Morgan fingerprint density at radius 1 is 1.25 bits per heavy atom. The first-order chi connectivity index (χ1) is 9.56. The molecular weight excluding hydrogens is 261 g/mol. The highest BCUT2D eigenvalue weighted by molar-refractivity contribution is 5.92. The van der Waals surface area contributed by atoms with Gasteiger partial charge < -0.3 is 5.11 Å². The number of hydrogen-bond donors (Lipinski definition) is 1. The maximum Gasteiger partial charge on any atom is 0.335 e. The van der Waals surface area contributed by atoms with E-state index in [9.17, 15) is 9.18 Å². The number of aryl methyl sites for hydroxylation is 1. The van der Waals surface area contributed by atoms with E-state index in [0.717, 1.165) is 5.56 Å². The highest BCUT2D eigenvalue weighted by Gasteiger charge is 2.12. The van der Waals surface area contributed by atoms with Crippen LogP contribution in [0.4, 0.5) is 4.39 Å². The molecule has 0 saturated heterocycles. The fourth-order valence-corrected chi connectivity index (χ4v) is 2.04. The summed E-state index contributed by atoms with van der Waals surface area (Å²) in [5.74, 6) is -1.42. The first kappa shape index (κ1) is 12.3. The summed E-state index contributed by atoms with van der Waals surface area (Å²) in [6, 6.07) is 8.86. The molecule has 0 atom stereocenters. The highest BCUT2D eigenvalue weighted by Crippen LogP contribution is 2.21. The molecule has 0 bridgehead atoms. The van der Waals surface area contributed by atoms with Gasteiger partial charge in [0.05, 0.1) is 16.8 Å². The molecule has 0 aliphatic carbocycles. The van der Waals surface area contributed by atoms with Crippen LogP contribution in [-0.2, 0) is 0 Å². The van der Waals surface area contributed by atoms with Crippen molar-refractivity contribution in [2.45, 2.75) is 6.92 Å². The van der Waals surface area contributed by atoms with Crippen molar-refractivity contribution in [1.82, 2.24) is 15.0 Å². The van der Waals surface area contributed by atoms with Crippen molar-refractivity contribution in [1.29, 1.82) is 0 Å². The Bertz CT molecular complexity index is 826. The molecule has 100 valence electrons. The van der Waals surface area contributed by atoms with Crippen molar-refractivity contribution in [3.05, 3.63) is 53.3 Å². The van der Waals surface area contributed by atoms with E-state index in [0.29, 0.717) is 16.7 Å². The van der Waals surface area contributed by atoms with Crippen LogP contribution in [0.25, 0.3) is 16.7 Å². The molecule has 0 aliphatic heterocycles. The number of carboxylic acid groups (broad SMARTS) is 1. The van der Waals surface area contributed by atoms with Gasteiger partial charge in [0.25, 0.3) is 0 Å². The number of halogens is 1. The van der Waals surface area contributed by atoms with Crippen LogP contribution >= 0.6 is 0 Å². The summed E-state index contributed by atoms with van der Waals surface area (Å²) in [6.07, 6.45) is 0. The van der Waals surface area contributed by atoms with Crippen LogP contribution in [0.15, 0.2) is 36.4 Å². The van der Waals surface area contributed by atoms with Crippen LogP contribution in [-0.4, -0.2) is 26.1 Å². The molecule has 3 aromatic rings. The van der Waals surface area contributed by atoms with E-state index in [-0.39, 0.29) is 11.4 Å². The minimum absolute atomic E-state index is 0.134. The predicted molar refractivity (Wildman–Crippen MR) is 70.5 cm³/mol. The molecule has 0 saturated carbocycles. The number of fused-ring (bicyclic) bond motifs is 1. The monoisotopic (exact) mass is 271 g/mol. The third-order valence-electron chi connectivity index (χ3n) is 3.09. The Morgan fingerprint density at radius 2 is 2.05 bits per heavy atom. The van der Waals surface area contributed by atoms with Crippen LogP contribution in [0.1, 0.15) is 15.9 Å². The minimum Gasteiger partial charge on any atom is -0.478 e. The minimum atomic E-state index is -1.03. The number of aromatic nitrogens is 3. The van der Waals surface area contributed by atoms with Gasteiger partial charge in [-0.1, -0.05) is 11.3 Å². The predicted octanol–water partition coefficient (Wildman–Crippen LogP) is 2.57. The summed E-state index contributed by atoms with van der Waals surface area (Å²) in [4.78, 5) is 11.0. The van der Waals surface area contributed by atoms with E-state index in [2.05, 4.69) is 10.3 Å². The maximum absolute atomic E-state index is 13.4. The van der Waals surface area contributed by atoms with Gasteiger partial charge in [0, 0.05) is 0 Å². The van der Waals surface area contributed by atoms with E-state index in [1.54, 1.807) is 12.1 Å². The van der Waals surface area contributed by atoms with Crippen molar-refractivity contribution in [3.8, 4) is 5.69 Å². The van der Waals surface area contributed by atoms with Gasteiger partial charge in [-0.15, -0.1) is 5.10 Å². The molecule has 6 heteroatoms. The number of nitrogens with zero attached hydrogens (tertiary/aromatic N) is 3. The third kappa shape index (κ3) is 1.91. The smallest absolute Gasteiger partial charge is 0.335 e. The lowest BCUT2D eigenvalue weighted by atomic mass is 10.1. The van der Waals surface area contributed by atoms with Gasteiger partial charge in [-0.2, -0.15) is 0 Å². The van der Waals surface area contributed by atoms with Crippen LogP contribution in [0.2, 0.25) is 0 Å². The van der Waals surface area contributed by atoms with Crippen LogP contribution < -0.4 is 0 Å². The Labute approximate surface area is 113 Å². The number of carboxylic acids is 1. The molecule has 0 amide bonds. The first-order valence-corrected chi connectivity index (χ1v) is 5.91. The van der Waals surface area contributed by atoms with Crippen molar-refractivity contribution in [2.24, 2.45) is 0 Å². The molecule has 0 fully saturated rings. The number of benzene rings is 2. The molecule has 0 aliphatic rings. The lowest BCUT2D eigenvalue weighted by Gasteiger charge is -2.06. The van der Waals surface area contributed by atoms with Crippen molar-refractivity contribution >= 4 is 17.0 Å². The van der Waals surface area contributed by atoms with Gasteiger partial charge in [0.15, 0.2) is 0 Å². The summed E-state index contributed by atoms with van der Waals surface area (Å²) in [5.41, 5.74) is 2.57. The Balaban J connectivity index is 2.28. The Kier molecular flexibility index (Phi) is 2.71. The Morgan fingerprint density at radius 3 is 2.80 bits per heavy atom. The van der Waals surface area contributed by atoms with E-state index >= 15 is 0 Å². The summed E-state index contributed by atoms with van der Waals surface area (Å²) < 4.78 is 14.8. The fraction of sp³-hybridized carbons (Fsp3) is 0.0714. The lowest BCUT2D eigenvalue weighted by molar-refractivity contribution is 0.0697. The highest BCUT2D eigenvalue weighted by atomic mass is 19.1. The lowest BCUT2D eigenvalue weighted by Crippen LogP contribution is -2.01. The molecule has 0 unspecified atom stereocenters. The van der Waals surface area contributed by atoms with Gasteiger partial charge in [0.2, 0.25) is 0 Å². The molecule has 2 aromatic carbocycles. The number of rotatable bonds is 2. The van der Waals surface area contributed by atoms with Crippen LogP contribution in [0, 0.1) is 12.7 Å². The quantitative estimate of drug-likeness (QED) is 0.777. The van der Waals surface area contributed by atoms with Crippen molar-refractivity contribution in [3.63, 3.8) is 0 Å². The van der Waals surface area contributed by atoms with Crippen LogP contribution in [0.3, 0.4) is 0 Å². The van der Waals surface area contributed by atoms with E-state index < -0.39 is 5.97 Å². The molecule has 20 heavy (non-hydrogen) atoms. The van der Waals surface area contributed by atoms with Crippen molar-refractivity contribution < 1.29 is 14.3 Å². The summed E-state index contributed by atoms with van der Waals surface area (Å²) >= 11 is 0.